The van der Waals surface area contributed by atoms with Crippen molar-refractivity contribution in [2.75, 3.05) is 0 Å². The summed E-state index contributed by atoms with van der Waals surface area (Å²) in [5.41, 5.74) is -6.00. The van der Waals surface area contributed by atoms with Gasteiger partial charge in [0.2, 0.25) is 0 Å². The van der Waals surface area contributed by atoms with E-state index in [1.807, 2.05) is 0 Å². The quantitative estimate of drug-likeness (QED) is 0.406. The molecule has 0 atom stereocenters. The molecule has 92 valence electrons. The van der Waals surface area contributed by atoms with Crippen LogP contribution in [0.4, 0.5) is 0 Å². The number of rotatable bonds is 6. The zero-order valence-corrected chi connectivity index (χ0v) is 16.1. The average Bonchev–Trinajstić information content (AvgIpc) is 2.02. The average molecular weight is 383 g/mol. The molecule has 0 saturated heterocycles. The minimum Gasteiger partial charge on any atom is -0.168 e. The molecule has 0 saturated carbocycles. The van der Waals surface area contributed by atoms with Gasteiger partial charge in [0, 0.05) is 0 Å². The van der Waals surface area contributed by atoms with Gasteiger partial charge in [-0.2, -0.15) is 11.1 Å². The fourth-order valence-electron chi connectivity index (χ4n) is 1.49. The minimum atomic E-state index is -3.08. The lowest BCUT2D eigenvalue weighted by molar-refractivity contribution is 1.01. The Bertz CT molecular complexity index is 198. The van der Waals surface area contributed by atoms with Gasteiger partial charge in [-0.15, -0.1) is 55.4 Å². The highest BCUT2D eigenvalue weighted by atomic mass is 35.9. The van der Waals surface area contributed by atoms with Crippen LogP contribution in [0.25, 0.3) is 0 Å². The van der Waals surface area contributed by atoms with E-state index in [1.54, 1.807) is 0 Å². The van der Waals surface area contributed by atoms with Gasteiger partial charge in [-0.25, -0.2) is 0 Å². The molecule has 15 heavy (non-hydrogen) atoms. The fourth-order valence-corrected chi connectivity index (χ4v) is 43.1. The molecular weight excluding hydrogens is 369 g/mol. The van der Waals surface area contributed by atoms with Gasteiger partial charge in [0.15, 0.2) is 6.90 Å². The third kappa shape index (κ3) is 4.21. The van der Waals surface area contributed by atoms with E-state index < -0.39 is 18.2 Å². The van der Waals surface area contributed by atoms with Crippen molar-refractivity contribution in [2.45, 2.75) is 38.8 Å². The molecule has 0 amide bonds. The van der Waals surface area contributed by atoms with E-state index in [4.69, 9.17) is 66.5 Å². The molecule has 0 unspecified atom stereocenters. The molecule has 0 spiro atoms. The van der Waals surface area contributed by atoms with Gasteiger partial charge in [0.1, 0.15) is 0 Å². The van der Waals surface area contributed by atoms with Gasteiger partial charge < -0.3 is 0 Å². The molecule has 0 aromatic carbocycles. The summed E-state index contributed by atoms with van der Waals surface area (Å²) in [4.78, 5) is 0. The van der Waals surface area contributed by atoms with Crippen LogP contribution < -0.4 is 0 Å². The normalized spacial score (nSPS) is 14.4. The Morgan fingerprint density at radius 1 is 0.733 bits per heavy atom. The van der Waals surface area contributed by atoms with Crippen LogP contribution in [-0.4, -0.2) is 18.2 Å². The molecule has 0 fully saturated rings. The summed E-state index contributed by atoms with van der Waals surface area (Å²) in [7, 11) is 0. The highest BCUT2D eigenvalue weighted by Gasteiger charge is 2.66. The first-order valence-electron chi connectivity index (χ1n) is 4.76. The Morgan fingerprint density at radius 3 is 1.27 bits per heavy atom. The van der Waals surface area contributed by atoms with Crippen molar-refractivity contribution in [1.82, 2.24) is 0 Å². The molecule has 0 bridgehead atoms. The molecule has 0 aromatic heterocycles. The summed E-state index contributed by atoms with van der Waals surface area (Å²) in [6.07, 6.45) is 1.89. The molecule has 0 aromatic rings. The smallest absolute Gasteiger partial charge is 0.168 e. The van der Waals surface area contributed by atoms with Crippen LogP contribution in [0.5, 0.6) is 0 Å². The molecule has 0 aliphatic rings. The van der Waals surface area contributed by atoms with Crippen molar-refractivity contribution in [2.24, 2.45) is 0 Å². The van der Waals surface area contributed by atoms with Crippen LogP contribution in [-0.2, 0) is 0 Å². The Balaban J connectivity index is 5.05. The maximum atomic E-state index is 6.63. The Kier molecular flexibility index (Phi) is 7.57. The van der Waals surface area contributed by atoms with E-state index in [-0.39, 0.29) is 0 Å². The molecule has 0 heterocycles. The van der Waals surface area contributed by atoms with E-state index in [0.717, 1.165) is 24.9 Å². The Morgan fingerprint density at radius 2 is 1.07 bits per heavy atom. The predicted molar refractivity (Wildman–Crippen MR) is 82.6 cm³/mol. The maximum Gasteiger partial charge on any atom is 0.357 e. The molecule has 9 heteroatoms. The zero-order valence-electron chi connectivity index (χ0n) is 8.60. The summed E-state index contributed by atoms with van der Waals surface area (Å²) < 4.78 is 0. The first-order valence-corrected chi connectivity index (χ1v) is 19.2. The van der Waals surface area contributed by atoms with Gasteiger partial charge in [-0.3, -0.25) is 0 Å². The zero-order chi connectivity index (χ0) is 12.3. The lowest BCUT2D eigenvalue weighted by Gasteiger charge is -2.36. The first kappa shape index (κ1) is 17.4. The Hall–Kier alpha value is 2.39. The standard InChI is InChI=1S/C6H14Cl6Si3/c1-3-5-13(7,6-4-2)15(11,12)14(8,9)10/h3-6H2,1-2H3. The maximum absolute atomic E-state index is 6.63. The van der Waals surface area contributed by atoms with Crippen LogP contribution in [0, 0.1) is 0 Å². The van der Waals surface area contributed by atoms with Gasteiger partial charge >= 0.3 is 5.52 Å². The van der Waals surface area contributed by atoms with Crippen LogP contribution in [0.15, 0.2) is 0 Å². The third-order valence-corrected chi connectivity index (χ3v) is 57.0. The van der Waals surface area contributed by atoms with Gasteiger partial charge in [-0.1, -0.05) is 26.7 Å². The van der Waals surface area contributed by atoms with E-state index in [1.165, 1.54) is 0 Å². The summed E-state index contributed by atoms with van der Waals surface area (Å²) in [6.45, 7) is 1.80. The van der Waals surface area contributed by atoms with Crippen LogP contribution in [0.1, 0.15) is 26.7 Å². The molecule has 0 radical (unpaired) electrons. The largest absolute Gasteiger partial charge is 0.357 e. The lowest BCUT2D eigenvalue weighted by atomic mass is 10.6. The van der Waals surface area contributed by atoms with E-state index >= 15 is 0 Å². The minimum absolute atomic E-state index is 0.836. The second-order valence-electron chi connectivity index (χ2n) is 3.54. The summed E-state index contributed by atoms with van der Waals surface area (Å²) in [5.74, 6) is 0. The summed E-state index contributed by atoms with van der Waals surface area (Å²) in [6, 6.07) is 1.67. The monoisotopic (exact) mass is 380 g/mol. The van der Waals surface area contributed by atoms with Gasteiger partial charge in [0.05, 0.1) is 0 Å². The molecule has 0 aliphatic heterocycles. The third-order valence-electron chi connectivity index (χ3n) is 2.21. The van der Waals surface area contributed by atoms with Crippen molar-refractivity contribution >= 4 is 84.6 Å². The highest BCUT2D eigenvalue weighted by Crippen LogP contribution is 2.48. The van der Waals surface area contributed by atoms with E-state index in [9.17, 15) is 0 Å². The topological polar surface area (TPSA) is 0 Å². The van der Waals surface area contributed by atoms with Crippen molar-refractivity contribution in [1.29, 1.82) is 0 Å². The molecular formula is C6H14Cl6Si3. The highest BCUT2D eigenvalue weighted by molar-refractivity contribution is 8.16. The Labute approximate surface area is 122 Å². The van der Waals surface area contributed by atoms with E-state index in [2.05, 4.69) is 13.8 Å². The summed E-state index contributed by atoms with van der Waals surface area (Å²) in [5, 5.41) is 0. The van der Waals surface area contributed by atoms with E-state index in [0.29, 0.717) is 0 Å². The fraction of sp³-hybridized carbons (Fsp3) is 1.00. The SMILES string of the molecule is CCC[Si](Cl)(CCC)[Si](Cl)(Cl)[Si](Cl)(Cl)Cl. The number of halogens is 6. The second-order valence-corrected chi connectivity index (χ2v) is 40.3. The first-order chi connectivity index (χ1) is 6.62. The predicted octanol–water partition coefficient (Wildman–Crippen LogP) is 5.72. The number of hydrogen-bond acceptors (Lipinski definition) is 0. The van der Waals surface area contributed by atoms with Gasteiger partial charge in [0.25, 0.3) is 5.73 Å². The molecule has 0 N–H and O–H groups in total. The van der Waals surface area contributed by atoms with Gasteiger partial charge in [-0.05, 0) is 12.1 Å². The molecule has 0 nitrogen and oxygen atoms in total. The van der Waals surface area contributed by atoms with Crippen molar-refractivity contribution < 1.29 is 0 Å². The van der Waals surface area contributed by atoms with Crippen molar-refractivity contribution in [3.8, 4) is 0 Å². The number of hydrogen-bond donors (Lipinski definition) is 0. The second kappa shape index (κ2) is 6.53. The van der Waals surface area contributed by atoms with Crippen molar-refractivity contribution in [3.05, 3.63) is 0 Å². The summed E-state index contributed by atoms with van der Waals surface area (Å²) >= 11 is 37.4. The van der Waals surface area contributed by atoms with Crippen LogP contribution in [0.3, 0.4) is 0 Å². The van der Waals surface area contributed by atoms with Crippen LogP contribution >= 0.6 is 66.5 Å². The lowest BCUT2D eigenvalue weighted by Crippen LogP contribution is -2.62. The molecule has 0 rings (SSSR count). The molecule has 0 aliphatic carbocycles. The van der Waals surface area contributed by atoms with Crippen LogP contribution in [0.2, 0.25) is 12.1 Å². The van der Waals surface area contributed by atoms with Crippen molar-refractivity contribution in [3.63, 3.8) is 0 Å².